The molecule has 0 aliphatic rings. The molecule has 0 saturated carbocycles. The van der Waals surface area contributed by atoms with Gasteiger partial charge in [-0.3, -0.25) is 4.79 Å². The lowest BCUT2D eigenvalue weighted by molar-refractivity contribution is -0.133. The van der Waals surface area contributed by atoms with Gasteiger partial charge in [-0.25, -0.2) is 13.8 Å². The number of benzene rings is 1. The maximum Gasteiger partial charge on any atom is 0.313 e. The summed E-state index contributed by atoms with van der Waals surface area (Å²) in [5.41, 5.74) is -0.0337. The Balaban J connectivity index is 2.69. The van der Waals surface area contributed by atoms with Gasteiger partial charge >= 0.3 is 5.97 Å². The van der Waals surface area contributed by atoms with Crippen LogP contribution in [0.5, 0.6) is 0 Å². The highest BCUT2D eigenvalue weighted by Crippen LogP contribution is 2.33. The van der Waals surface area contributed by atoms with E-state index in [9.17, 15) is 13.6 Å². The minimum atomic E-state index is -0.987. The van der Waals surface area contributed by atoms with Gasteiger partial charge < -0.3 is 9.67 Å². The first-order valence-corrected chi connectivity index (χ1v) is 7.47. The van der Waals surface area contributed by atoms with Crippen molar-refractivity contribution >= 4 is 28.8 Å². The van der Waals surface area contributed by atoms with E-state index in [0.29, 0.717) is 17.1 Å². The number of carbonyl (C=O) groups is 1. The van der Waals surface area contributed by atoms with Crippen LogP contribution in [0.25, 0.3) is 11.0 Å². The summed E-state index contributed by atoms with van der Waals surface area (Å²) in [7, 11) is 0. The third-order valence-corrected chi connectivity index (χ3v) is 4.37. The summed E-state index contributed by atoms with van der Waals surface area (Å²) in [4.78, 5) is 14.9. The molecule has 0 spiro atoms. The fourth-order valence-corrected chi connectivity index (χ4v) is 2.93. The number of aliphatic carboxylic acids is 1. The fourth-order valence-electron chi connectivity index (χ4n) is 2.05. The van der Waals surface area contributed by atoms with Gasteiger partial charge in [0.15, 0.2) is 11.0 Å². The number of halogens is 2. The first-order valence-electron chi connectivity index (χ1n) is 6.49. The van der Waals surface area contributed by atoms with Crippen LogP contribution in [0, 0.1) is 11.6 Å². The van der Waals surface area contributed by atoms with E-state index in [1.165, 1.54) is 6.07 Å². The highest BCUT2D eigenvalue weighted by atomic mass is 32.2. The number of hydrogen-bond donors (Lipinski definition) is 1. The van der Waals surface area contributed by atoms with Crippen molar-refractivity contribution in [1.82, 2.24) is 9.55 Å². The Bertz CT molecular complexity index is 698. The zero-order chi connectivity index (χ0) is 15.8. The van der Waals surface area contributed by atoms with E-state index in [1.54, 1.807) is 4.57 Å². The Morgan fingerprint density at radius 3 is 2.67 bits per heavy atom. The lowest BCUT2D eigenvalue weighted by Crippen LogP contribution is -2.26. The highest BCUT2D eigenvalue weighted by molar-refractivity contribution is 7.99. The molecule has 0 aliphatic carbocycles. The van der Waals surface area contributed by atoms with Crippen molar-refractivity contribution in [3.8, 4) is 0 Å². The average Bonchev–Trinajstić information content (AvgIpc) is 2.75. The molecule has 1 aromatic heterocycles. The smallest absolute Gasteiger partial charge is 0.313 e. The second-order valence-electron chi connectivity index (χ2n) is 5.33. The predicted octanol–water partition coefficient (Wildman–Crippen LogP) is 3.64. The fraction of sp³-hybridized carbons (Fsp3) is 0.429. The van der Waals surface area contributed by atoms with Crippen LogP contribution in [0.3, 0.4) is 0 Å². The third kappa shape index (κ3) is 3.02. The summed E-state index contributed by atoms with van der Waals surface area (Å²) in [6, 6.07) is 2.01. The first kappa shape index (κ1) is 15.8. The number of nitrogens with zero attached hydrogens (tertiary/aromatic N) is 2. The molecule has 0 saturated heterocycles. The number of carboxylic acids is 1. The molecule has 1 N–H and O–H groups in total. The summed E-state index contributed by atoms with van der Waals surface area (Å²) in [6.07, 6.45) is 0.706. The number of imidazole rings is 1. The van der Waals surface area contributed by atoms with E-state index in [1.807, 2.05) is 20.8 Å². The van der Waals surface area contributed by atoms with Gasteiger partial charge in [0.2, 0.25) is 0 Å². The Labute approximate surface area is 125 Å². The van der Waals surface area contributed by atoms with Crippen LogP contribution in [0.15, 0.2) is 17.3 Å². The Morgan fingerprint density at radius 2 is 2.10 bits per heavy atom. The minimum absolute atomic E-state index is 0.0609. The standard InChI is InChI=1S/C14H16F2N2O2S/c1-4-14(2,3)18-10-6-8(15)5-9(16)12(10)17-13(18)21-7-11(19)20/h5-6H,4,7H2,1-3H3,(H,19,20). The number of thioether (sulfide) groups is 1. The molecule has 2 rings (SSSR count). The lowest BCUT2D eigenvalue weighted by atomic mass is 10.0. The lowest BCUT2D eigenvalue weighted by Gasteiger charge is -2.27. The van der Waals surface area contributed by atoms with Crippen molar-refractivity contribution < 1.29 is 18.7 Å². The van der Waals surface area contributed by atoms with E-state index < -0.39 is 23.1 Å². The molecule has 7 heteroatoms. The highest BCUT2D eigenvalue weighted by Gasteiger charge is 2.26. The zero-order valence-corrected chi connectivity index (χ0v) is 12.8. The van der Waals surface area contributed by atoms with E-state index >= 15 is 0 Å². The molecular weight excluding hydrogens is 298 g/mol. The quantitative estimate of drug-likeness (QED) is 0.856. The summed E-state index contributed by atoms with van der Waals surface area (Å²) >= 11 is 1.00. The van der Waals surface area contributed by atoms with E-state index in [2.05, 4.69) is 4.98 Å². The van der Waals surface area contributed by atoms with Crippen molar-refractivity contribution in [3.05, 3.63) is 23.8 Å². The maximum absolute atomic E-state index is 13.9. The van der Waals surface area contributed by atoms with Crippen molar-refractivity contribution in [2.75, 3.05) is 5.75 Å². The summed E-state index contributed by atoms with van der Waals surface area (Å²) < 4.78 is 29.1. The molecular formula is C14H16F2N2O2S. The molecule has 2 aromatic rings. The summed E-state index contributed by atoms with van der Waals surface area (Å²) in [5, 5.41) is 9.19. The average molecular weight is 314 g/mol. The molecule has 4 nitrogen and oxygen atoms in total. The van der Waals surface area contributed by atoms with Gasteiger partial charge in [0.25, 0.3) is 0 Å². The van der Waals surface area contributed by atoms with Crippen LogP contribution < -0.4 is 0 Å². The second-order valence-corrected chi connectivity index (χ2v) is 6.28. The van der Waals surface area contributed by atoms with Crippen LogP contribution in [0.4, 0.5) is 8.78 Å². The van der Waals surface area contributed by atoms with Crippen LogP contribution >= 0.6 is 11.8 Å². The van der Waals surface area contributed by atoms with Crippen LogP contribution in [0.2, 0.25) is 0 Å². The van der Waals surface area contributed by atoms with Gasteiger partial charge in [0.05, 0.1) is 11.3 Å². The first-order chi connectivity index (χ1) is 9.76. The molecule has 0 bridgehead atoms. The zero-order valence-electron chi connectivity index (χ0n) is 12.0. The Kier molecular flexibility index (Phi) is 4.22. The number of rotatable bonds is 5. The van der Waals surface area contributed by atoms with Gasteiger partial charge in [-0.15, -0.1) is 0 Å². The predicted molar refractivity (Wildman–Crippen MR) is 77.6 cm³/mol. The monoisotopic (exact) mass is 314 g/mol. The molecule has 1 aromatic carbocycles. The van der Waals surface area contributed by atoms with Gasteiger partial charge in [0, 0.05) is 17.7 Å². The van der Waals surface area contributed by atoms with Gasteiger partial charge in [-0.05, 0) is 20.3 Å². The van der Waals surface area contributed by atoms with Crippen molar-refractivity contribution in [1.29, 1.82) is 0 Å². The molecule has 1 heterocycles. The molecule has 114 valence electrons. The Morgan fingerprint density at radius 1 is 1.43 bits per heavy atom. The number of fused-ring (bicyclic) bond motifs is 1. The second kappa shape index (κ2) is 5.63. The van der Waals surface area contributed by atoms with E-state index in [-0.39, 0.29) is 11.3 Å². The number of carboxylic acid groups (broad SMARTS) is 1. The molecule has 0 unspecified atom stereocenters. The number of aromatic nitrogens is 2. The van der Waals surface area contributed by atoms with Crippen molar-refractivity contribution in [2.45, 2.75) is 37.9 Å². The molecule has 0 amide bonds. The normalized spacial score (nSPS) is 12.0. The largest absolute Gasteiger partial charge is 0.481 e. The van der Waals surface area contributed by atoms with E-state index in [0.717, 1.165) is 17.8 Å². The molecule has 0 aliphatic heterocycles. The summed E-state index contributed by atoms with van der Waals surface area (Å²) in [6.45, 7) is 5.79. The van der Waals surface area contributed by atoms with Gasteiger partial charge in [-0.1, -0.05) is 18.7 Å². The molecule has 21 heavy (non-hydrogen) atoms. The van der Waals surface area contributed by atoms with Gasteiger partial charge in [-0.2, -0.15) is 0 Å². The summed E-state index contributed by atoms with van der Waals surface area (Å²) in [5.74, 6) is -2.59. The Hall–Kier alpha value is -1.63. The maximum atomic E-state index is 13.9. The van der Waals surface area contributed by atoms with Crippen molar-refractivity contribution in [3.63, 3.8) is 0 Å². The van der Waals surface area contributed by atoms with Crippen LogP contribution in [-0.2, 0) is 10.3 Å². The molecule has 0 atom stereocenters. The minimum Gasteiger partial charge on any atom is -0.481 e. The van der Waals surface area contributed by atoms with E-state index in [4.69, 9.17) is 5.11 Å². The topological polar surface area (TPSA) is 55.1 Å². The molecule has 0 radical (unpaired) electrons. The van der Waals surface area contributed by atoms with Crippen LogP contribution in [0.1, 0.15) is 27.2 Å². The van der Waals surface area contributed by atoms with Crippen LogP contribution in [-0.4, -0.2) is 26.4 Å². The SMILES string of the molecule is CCC(C)(C)n1c(SCC(=O)O)nc2c(F)cc(F)cc21. The number of hydrogen-bond acceptors (Lipinski definition) is 3. The third-order valence-electron chi connectivity index (χ3n) is 3.44. The molecule has 0 fully saturated rings. The van der Waals surface area contributed by atoms with Crippen molar-refractivity contribution in [2.24, 2.45) is 0 Å². The van der Waals surface area contributed by atoms with Gasteiger partial charge in [0.1, 0.15) is 11.3 Å².